The maximum atomic E-state index is 14.2. The summed E-state index contributed by atoms with van der Waals surface area (Å²) in [7, 11) is 1.41. The minimum absolute atomic E-state index is 0.0238. The number of aliphatic carboxylic acids is 1. The van der Waals surface area contributed by atoms with Crippen molar-refractivity contribution < 1.29 is 23.8 Å². The van der Waals surface area contributed by atoms with Crippen LogP contribution >= 0.6 is 0 Å². The number of aromatic nitrogens is 2. The molecule has 1 aliphatic rings. The molecule has 0 amide bonds. The van der Waals surface area contributed by atoms with Crippen LogP contribution in [0.5, 0.6) is 5.75 Å². The Hall–Kier alpha value is -4.08. The summed E-state index contributed by atoms with van der Waals surface area (Å²) in [6.45, 7) is 5.33. The SMILES string of the molecule is CCN1CCC(c2ccc(-c3ccc4ncn(C(C(=O)O)c5cc(F)ccc5OCOC)c(=O)c4c3)cc2)CC1. The van der Waals surface area contributed by atoms with E-state index in [1.807, 2.05) is 6.07 Å². The van der Waals surface area contributed by atoms with Crippen LogP contribution in [0.15, 0.2) is 71.8 Å². The molecule has 1 unspecified atom stereocenters. The molecule has 1 aliphatic heterocycles. The largest absolute Gasteiger partial charge is 0.479 e. The predicted octanol–water partition coefficient (Wildman–Crippen LogP) is 5.06. The summed E-state index contributed by atoms with van der Waals surface area (Å²) in [5.74, 6) is -1.38. The van der Waals surface area contributed by atoms with Crippen LogP contribution in [0, 0.1) is 5.82 Å². The Kier molecular flexibility index (Phi) is 8.23. The van der Waals surface area contributed by atoms with E-state index in [-0.39, 0.29) is 23.5 Å². The number of methoxy groups -OCH3 is 1. The number of rotatable bonds is 9. The van der Waals surface area contributed by atoms with Gasteiger partial charge in [0.15, 0.2) is 12.8 Å². The maximum Gasteiger partial charge on any atom is 0.331 e. The molecule has 1 fully saturated rings. The van der Waals surface area contributed by atoms with Gasteiger partial charge in [-0.1, -0.05) is 37.3 Å². The summed E-state index contributed by atoms with van der Waals surface area (Å²) < 4.78 is 25.6. The van der Waals surface area contributed by atoms with Crippen molar-refractivity contribution in [2.45, 2.75) is 31.7 Å². The first-order valence-electron chi connectivity index (χ1n) is 13.4. The Balaban J connectivity index is 1.49. The number of ether oxygens (including phenoxy) is 2. The van der Waals surface area contributed by atoms with Gasteiger partial charge in [-0.05, 0) is 85.4 Å². The zero-order valence-corrected chi connectivity index (χ0v) is 22.5. The fraction of sp³-hybridized carbons (Fsp3) is 0.323. The number of carboxylic acids is 1. The third kappa shape index (κ3) is 5.61. The van der Waals surface area contributed by atoms with Crippen LogP contribution in [-0.2, 0) is 9.53 Å². The first-order valence-corrected chi connectivity index (χ1v) is 13.4. The summed E-state index contributed by atoms with van der Waals surface area (Å²) in [6.07, 6.45) is 3.46. The number of fused-ring (bicyclic) bond motifs is 1. The van der Waals surface area contributed by atoms with Gasteiger partial charge < -0.3 is 19.5 Å². The van der Waals surface area contributed by atoms with Crippen molar-refractivity contribution >= 4 is 16.9 Å². The molecule has 1 atom stereocenters. The van der Waals surface area contributed by atoms with E-state index < -0.39 is 23.4 Å². The van der Waals surface area contributed by atoms with Crippen LogP contribution in [0.25, 0.3) is 22.0 Å². The minimum Gasteiger partial charge on any atom is -0.479 e. The van der Waals surface area contributed by atoms with Gasteiger partial charge in [-0.3, -0.25) is 9.36 Å². The Morgan fingerprint density at radius 2 is 1.80 bits per heavy atom. The molecular weight excluding hydrogens is 513 g/mol. The Morgan fingerprint density at radius 3 is 2.48 bits per heavy atom. The molecule has 0 saturated carbocycles. The molecule has 0 bridgehead atoms. The lowest BCUT2D eigenvalue weighted by Gasteiger charge is -2.31. The highest BCUT2D eigenvalue weighted by Gasteiger charge is 2.28. The molecule has 208 valence electrons. The topological polar surface area (TPSA) is 93.9 Å². The number of hydrogen-bond donors (Lipinski definition) is 1. The number of benzene rings is 3. The van der Waals surface area contributed by atoms with Crippen LogP contribution < -0.4 is 10.3 Å². The summed E-state index contributed by atoms with van der Waals surface area (Å²) in [4.78, 5) is 32.9. The quantitative estimate of drug-likeness (QED) is 0.294. The Labute approximate surface area is 231 Å². The average molecular weight is 546 g/mol. The number of likely N-dealkylation sites (tertiary alicyclic amines) is 1. The fourth-order valence-corrected chi connectivity index (χ4v) is 5.42. The molecule has 0 radical (unpaired) electrons. The smallest absolute Gasteiger partial charge is 0.331 e. The highest BCUT2D eigenvalue weighted by molar-refractivity contribution is 5.84. The molecule has 1 N–H and O–H groups in total. The van der Waals surface area contributed by atoms with Crippen LogP contribution in [-0.4, -0.2) is 59.1 Å². The van der Waals surface area contributed by atoms with Crippen molar-refractivity contribution in [2.24, 2.45) is 0 Å². The van der Waals surface area contributed by atoms with Gasteiger partial charge in [-0.15, -0.1) is 0 Å². The van der Waals surface area contributed by atoms with E-state index in [0.717, 1.165) is 60.3 Å². The van der Waals surface area contributed by atoms with Gasteiger partial charge in [0.05, 0.1) is 17.2 Å². The van der Waals surface area contributed by atoms with Crippen LogP contribution in [0.1, 0.15) is 42.9 Å². The molecule has 0 aliphatic carbocycles. The maximum absolute atomic E-state index is 14.2. The first-order chi connectivity index (χ1) is 19.4. The second-order valence-corrected chi connectivity index (χ2v) is 9.99. The fourth-order valence-electron chi connectivity index (χ4n) is 5.42. The van der Waals surface area contributed by atoms with Crippen molar-refractivity contribution in [1.82, 2.24) is 14.5 Å². The molecule has 1 aromatic heterocycles. The van der Waals surface area contributed by atoms with Crippen molar-refractivity contribution in [3.8, 4) is 16.9 Å². The van der Waals surface area contributed by atoms with Crippen LogP contribution in [0.4, 0.5) is 4.39 Å². The minimum atomic E-state index is -1.56. The molecule has 8 nitrogen and oxygen atoms in total. The van der Waals surface area contributed by atoms with Gasteiger partial charge in [0.25, 0.3) is 5.56 Å². The van der Waals surface area contributed by atoms with Gasteiger partial charge in [0.1, 0.15) is 11.6 Å². The van der Waals surface area contributed by atoms with E-state index in [1.54, 1.807) is 12.1 Å². The van der Waals surface area contributed by atoms with E-state index in [9.17, 15) is 19.1 Å². The first kappa shape index (κ1) is 27.5. The van der Waals surface area contributed by atoms with Crippen LogP contribution in [0.3, 0.4) is 0 Å². The van der Waals surface area contributed by atoms with Crippen molar-refractivity contribution in [2.75, 3.05) is 33.5 Å². The number of hydrogen-bond acceptors (Lipinski definition) is 6. The average Bonchev–Trinajstić information content (AvgIpc) is 2.98. The lowest BCUT2D eigenvalue weighted by atomic mass is 9.88. The van der Waals surface area contributed by atoms with Crippen molar-refractivity contribution in [3.63, 3.8) is 0 Å². The molecular formula is C31H32FN3O5. The zero-order valence-electron chi connectivity index (χ0n) is 22.5. The number of nitrogens with zero attached hydrogens (tertiary/aromatic N) is 3. The molecule has 40 heavy (non-hydrogen) atoms. The summed E-state index contributed by atoms with van der Waals surface area (Å²) in [5, 5.41) is 10.4. The van der Waals surface area contributed by atoms with Gasteiger partial charge >= 0.3 is 5.97 Å². The van der Waals surface area contributed by atoms with Gasteiger partial charge in [-0.2, -0.15) is 0 Å². The molecule has 5 rings (SSSR count). The highest BCUT2D eigenvalue weighted by Crippen LogP contribution is 2.32. The van der Waals surface area contributed by atoms with Crippen molar-refractivity contribution in [3.05, 3.63) is 94.3 Å². The number of halogens is 1. The Morgan fingerprint density at radius 1 is 1.07 bits per heavy atom. The third-order valence-electron chi connectivity index (χ3n) is 7.64. The third-order valence-corrected chi connectivity index (χ3v) is 7.64. The molecule has 4 aromatic rings. The molecule has 2 heterocycles. The summed E-state index contributed by atoms with van der Waals surface area (Å²) in [6, 6.07) is 15.7. The zero-order chi connectivity index (χ0) is 28.2. The number of carboxylic acid groups (broad SMARTS) is 1. The molecule has 9 heteroatoms. The standard InChI is InChI=1S/C31H32FN3O5/c1-3-34-14-12-22(13-15-34)20-4-6-21(7-5-20)23-8-10-27-25(16-23)30(36)35(18-33-27)29(31(37)38)26-17-24(32)9-11-28(26)40-19-39-2/h4-11,16-18,22,29H,3,12-15,19H2,1-2H3,(H,37,38). The van der Waals surface area contributed by atoms with E-state index in [2.05, 4.69) is 41.1 Å². The van der Waals surface area contributed by atoms with Gasteiger partial charge in [0, 0.05) is 12.7 Å². The van der Waals surface area contributed by atoms with Gasteiger partial charge in [-0.25, -0.2) is 14.2 Å². The van der Waals surface area contributed by atoms with E-state index in [4.69, 9.17) is 9.47 Å². The van der Waals surface area contributed by atoms with E-state index in [1.165, 1.54) is 25.1 Å². The number of carbonyl (C=O) groups is 1. The lowest BCUT2D eigenvalue weighted by molar-refractivity contribution is -0.139. The second-order valence-electron chi connectivity index (χ2n) is 9.99. The van der Waals surface area contributed by atoms with E-state index >= 15 is 0 Å². The van der Waals surface area contributed by atoms with E-state index in [0.29, 0.717) is 11.4 Å². The van der Waals surface area contributed by atoms with Crippen molar-refractivity contribution in [1.29, 1.82) is 0 Å². The monoisotopic (exact) mass is 545 g/mol. The summed E-state index contributed by atoms with van der Waals surface area (Å²) >= 11 is 0. The van der Waals surface area contributed by atoms with Crippen LogP contribution in [0.2, 0.25) is 0 Å². The normalized spacial score (nSPS) is 15.3. The van der Waals surface area contributed by atoms with Gasteiger partial charge in [0.2, 0.25) is 0 Å². The molecule has 3 aromatic carbocycles. The second kappa shape index (κ2) is 12.0. The predicted molar refractivity (Wildman–Crippen MR) is 150 cm³/mol. The lowest BCUT2D eigenvalue weighted by Crippen LogP contribution is -2.32. The highest BCUT2D eigenvalue weighted by atomic mass is 19.1. The Bertz CT molecular complexity index is 1560. The molecule has 0 spiro atoms. The number of piperidine rings is 1. The molecule has 1 saturated heterocycles. The summed E-state index contributed by atoms with van der Waals surface area (Å²) in [5.41, 5.74) is 2.93.